The molecule has 0 saturated heterocycles. The van der Waals surface area contributed by atoms with Gasteiger partial charge in [-0.3, -0.25) is 4.79 Å². The molecule has 10 nitrogen and oxygen atoms in total. The lowest BCUT2D eigenvalue weighted by Crippen LogP contribution is -2.23. The molecule has 34 heavy (non-hydrogen) atoms. The van der Waals surface area contributed by atoms with Crippen LogP contribution < -0.4 is 16.2 Å². The van der Waals surface area contributed by atoms with Crippen LogP contribution >= 0.6 is 0 Å². The zero-order valence-electron chi connectivity index (χ0n) is 18.6. The first-order chi connectivity index (χ1) is 16.6. The van der Waals surface area contributed by atoms with Gasteiger partial charge in [0.15, 0.2) is 5.65 Å². The molecule has 3 aromatic heterocycles. The standard InChI is InChI=1S/C24H23N7O3/c1-34-23(33)20-11-18(7-9-26-20)30-21-19(22(32)31(30)17-4-5-17)13-27-24(29-21)28-16-3-2-14-6-8-25-12-15(14)10-16/h2-3,7,9-11,13,17,25H,4-6,8,12H2,1H3,(H,27,28,29). The van der Waals surface area contributed by atoms with Crippen LogP contribution in [0, 0.1) is 0 Å². The lowest BCUT2D eigenvalue weighted by atomic mass is 10.0. The summed E-state index contributed by atoms with van der Waals surface area (Å²) >= 11 is 0. The number of ether oxygens (including phenoxy) is 1. The van der Waals surface area contributed by atoms with Crippen LogP contribution in [-0.4, -0.2) is 43.9 Å². The SMILES string of the molecule is COC(=O)c1cc(-n2c3nc(Nc4ccc5c(c4)CNCC5)ncc3c(=O)n2C2CC2)ccn1. The highest BCUT2D eigenvalue weighted by molar-refractivity contribution is 5.88. The van der Waals surface area contributed by atoms with Gasteiger partial charge in [0, 0.05) is 24.6 Å². The average molecular weight is 457 g/mol. The summed E-state index contributed by atoms with van der Waals surface area (Å²) in [5.74, 6) is -0.155. The van der Waals surface area contributed by atoms with Crippen LogP contribution in [0.2, 0.25) is 0 Å². The van der Waals surface area contributed by atoms with E-state index in [9.17, 15) is 9.59 Å². The summed E-state index contributed by atoms with van der Waals surface area (Å²) in [6.07, 6.45) is 5.92. The van der Waals surface area contributed by atoms with Crippen LogP contribution in [0.25, 0.3) is 16.7 Å². The maximum atomic E-state index is 13.2. The second-order valence-corrected chi connectivity index (χ2v) is 8.55. The topological polar surface area (TPSA) is 116 Å². The maximum absolute atomic E-state index is 13.2. The normalized spacial score (nSPS) is 15.2. The molecule has 4 aromatic rings. The Morgan fingerprint density at radius 1 is 1.18 bits per heavy atom. The number of carbonyl (C=O) groups is 1. The van der Waals surface area contributed by atoms with E-state index in [0.717, 1.165) is 38.0 Å². The molecule has 0 radical (unpaired) electrons. The fourth-order valence-corrected chi connectivity index (χ4v) is 4.41. The van der Waals surface area contributed by atoms with Crippen molar-refractivity contribution in [2.24, 2.45) is 0 Å². The molecular weight excluding hydrogens is 434 g/mol. The molecule has 0 unspecified atom stereocenters. The fourth-order valence-electron chi connectivity index (χ4n) is 4.41. The van der Waals surface area contributed by atoms with Crippen molar-refractivity contribution in [2.45, 2.75) is 31.8 Å². The quantitative estimate of drug-likeness (QED) is 0.439. The van der Waals surface area contributed by atoms with Gasteiger partial charge in [-0.25, -0.2) is 24.1 Å². The van der Waals surface area contributed by atoms with Crippen LogP contribution in [-0.2, 0) is 17.7 Å². The van der Waals surface area contributed by atoms with Gasteiger partial charge < -0.3 is 15.4 Å². The van der Waals surface area contributed by atoms with Crippen LogP contribution in [0.15, 0.2) is 47.5 Å². The molecule has 6 rings (SSSR count). The molecule has 0 atom stereocenters. The number of fused-ring (bicyclic) bond motifs is 2. The van der Waals surface area contributed by atoms with E-state index in [1.165, 1.54) is 24.4 Å². The minimum atomic E-state index is -0.544. The van der Waals surface area contributed by atoms with Crippen molar-refractivity contribution < 1.29 is 9.53 Å². The Kier molecular flexibility index (Phi) is 4.88. The van der Waals surface area contributed by atoms with E-state index in [2.05, 4.69) is 32.7 Å². The molecule has 1 saturated carbocycles. The van der Waals surface area contributed by atoms with E-state index in [0.29, 0.717) is 22.7 Å². The predicted molar refractivity (Wildman–Crippen MR) is 126 cm³/mol. The number of nitrogens with zero attached hydrogens (tertiary/aromatic N) is 5. The van der Waals surface area contributed by atoms with Gasteiger partial charge in [-0.15, -0.1) is 0 Å². The summed E-state index contributed by atoms with van der Waals surface area (Å²) in [7, 11) is 1.31. The number of pyridine rings is 1. The fraction of sp³-hybridized carbons (Fsp3) is 0.292. The molecule has 1 fully saturated rings. The van der Waals surface area contributed by atoms with Crippen molar-refractivity contribution >= 4 is 28.6 Å². The van der Waals surface area contributed by atoms with Crippen molar-refractivity contribution in [3.05, 3.63) is 69.9 Å². The molecule has 2 aliphatic rings. The summed E-state index contributed by atoms with van der Waals surface area (Å²) in [5.41, 5.74) is 4.56. The predicted octanol–water partition coefficient (Wildman–Crippen LogP) is 2.49. The van der Waals surface area contributed by atoms with Crippen LogP contribution in [0.4, 0.5) is 11.6 Å². The smallest absolute Gasteiger partial charge is 0.356 e. The molecule has 0 spiro atoms. The molecule has 2 N–H and O–H groups in total. The maximum Gasteiger partial charge on any atom is 0.356 e. The Hall–Kier alpha value is -4.05. The molecule has 4 heterocycles. The molecule has 1 aliphatic carbocycles. The number of hydrogen-bond donors (Lipinski definition) is 2. The lowest BCUT2D eigenvalue weighted by Gasteiger charge is -2.18. The monoisotopic (exact) mass is 457 g/mol. The average Bonchev–Trinajstić information content (AvgIpc) is 3.67. The van der Waals surface area contributed by atoms with Crippen LogP contribution in [0.3, 0.4) is 0 Å². The van der Waals surface area contributed by atoms with Gasteiger partial charge in [-0.1, -0.05) is 6.07 Å². The minimum Gasteiger partial charge on any atom is -0.464 e. The largest absolute Gasteiger partial charge is 0.464 e. The van der Waals surface area contributed by atoms with Crippen LogP contribution in [0.1, 0.15) is 40.5 Å². The second-order valence-electron chi connectivity index (χ2n) is 8.55. The third-order valence-corrected chi connectivity index (χ3v) is 6.25. The summed E-state index contributed by atoms with van der Waals surface area (Å²) < 4.78 is 8.27. The van der Waals surface area contributed by atoms with Gasteiger partial charge in [-0.2, -0.15) is 4.98 Å². The van der Waals surface area contributed by atoms with Gasteiger partial charge in [0.1, 0.15) is 11.1 Å². The van der Waals surface area contributed by atoms with Gasteiger partial charge in [0.05, 0.1) is 18.8 Å². The Bertz CT molecular complexity index is 1490. The van der Waals surface area contributed by atoms with Crippen molar-refractivity contribution in [1.29, 1.82) is 0 Å². The summed E-state index contributed by atoms with van der Waals surface area (Å²) in [6.45, 7) is 1.82. The number of hydrogen-bond acceptors (Lipinski definition) is 8. The van der Waals surface area contributed by atoms with E-state index >= 15 is 0 Å². The lowest BCUT2D eigenvalue weighted by molar-refractivity contribution is 0.0594. The number of carbonyl (C=O) groups excluding carboxylic acids is 1. The number of esters is 1. The third-order valence-electron chi connectivity index (χ3n) is 6.25. The molecular formula is C24H23N7O3. The Balaban J connectivity index is 1.46. The highest BCUT2D eigenvalue weighted by Crippen LogP contribution is 2.35. The van der Waals surface area contributed by atoms with Gasteiger partial charge in [0.2, 0.25) is 5.95 Å². The molecule has 0 bridgehead atoms. The number of nitrogens with one attached hydrogen (secondary N) is 2. The molecule has 10 heteroatoms. The zero-order valence-corrected chi connectivity index (χ0v) is 18.6. The zero-order chi connectivity index (χ0) is 23.2. The van der Waals surface area contributed by atoms with Crippen molar-refractivity contribution in [3.63, 3.8) is 0 Å². The van der Waals surface area contributed by atoms with E-state index in [-0.39, 0.29) is 17.3 Å². The number of rotatable bonds is 5. The van der Waals surface area contributed by atoms with Crippen molar-refractivity contribution in [1.82, 2.24) is 29.6 Å². The first kappa shape index (κ1) is 20.5. The van der Waals surface area contributed by atoms with E-state index in [4.69, 9.17) is 9.72 Å². The van der Waals surface area contributed by atoms with E-state index in [1.807, 2.05) is 6.07 Å². The van der Waals surface area contributed by atoms with E-state index in [1.54, 1.807) is 27.7 Å². The highest BCUT2D eigenvalue weighted by atomic mass is 16.5. The first-order valence-corrected chi connectivity index (χ1v) is 11.3. The van der Waals surface area contributed by atoms with Gasteiger partial charge in [0.25, 0.3) is 5.56 Å². The molecule has 0 amide bonds. The number of methoxy groups -OCH3 is 1. The molecule has 172 valence electrons. The summed E-state index contributed by atoms with van der Waals surface area (Å²) in [4.78, 5) is 38.5. The summed E-state index contributed by atoms with van der Waals surface area (Å²) in [6, 6.07) is 9.68. The number of aromatic nitrogens is 5. The third kappa shape index (κ3) is 3.52. The van der Waals surface area contributed by atoms with Gasteiger partial charge >= 0.3 is 5.97 Å². The molecule has 1 aliphatic heterocycles. The minimum absolute atomic E-state index is 0.0843. The van der Waals surface area contributed by atoms with Gasteiger partial charge in [-0.05, 0) is 61.2 Å². The van der Waals surface area contributed by atoms with Crippen molar-refractivity contribution in [2.75, 3.05) is 19.0 Å². The summed E-state index contributed by atoms with van der Waals surface area (Å²) in [5, 5.41) is 7.08. The Morgan fingerprint density at radius 2 is 2.06 bits per heavy atom. The number of anilines is 2. The number of benzene rings is 1. The highest BCUT2D eigenvalue weighted by Gasteiger charge is 2.31. The molecule has 1 aromatic carbocycles. The first-order valence-electron chi connectivity index (χ1n) is 11.3. The van der Waals surface area contributed by atoms with Crippen LogP contribution in [0.5, 0.6) is 0 Å². The van der Waals surface area contributed by atoms with Crippen molar-refractivity contribution in [3.8, 4) is 5.69 Å². The Morgan fingerprint density at radius 3 is 2.88 bits per heavy atom. The Labute approximate surface area is 194 Å². The van der Waals surface area contributed by atoms with E-state index < -0.39 is 5.97 Å². The second kappa shape index (κ2) is 8.07.